The van der Waals surface area contributed by atoms with Gasteiger partial charge in [0.25, 0.3) is 0 Å². The molecular weight excluding hydrogens is 1040 g/mol. The van der Waals surface area contributed by atoms with E-state index in [9.17, 15) is 77.6 Å². The maximum Gasteiger partial charge on any atom is 0.326 e. The van der Waals surface area contributed by atoms with E-state index in [2.05, 4.69) is 42.5 Å². The van der Waals surface area contributed by atoms with E-state index >= 15 is 0 Å². The number of carboxylic acid groups (broad SMARTS) is 4. The third-order valence-corrected chi connectivity index (χ3v) is 12.0. The van der Waals surface area contributed by atoms with Crippen molar-refractivity contribution in [2.24, 2.45) is 40.7 Å². The number of carbonyl (C=O) groups is 13. The number of carboxylic acids is 4. The normalized spacial score (nSPS) is 14.6. The molecule has 9 atom stereocenters. The van der Waals surface area contributed by atoms with Crippen molar-refractivity contribution in [1.29, 1.82) is 0 Å². The second kappa shape index (κ2) is 38.5. The molecule has 0 fully saturated rings. The largest absolute Gasteiger partial charge is 0.481 e. The van der Waals surface area contributed by atoms with Gasteiger partial charge in [-0.25, -0.2) is 4.79 Å². The van der Waals surface area contributed by atoms with Crippen LogP contribution in [-0.4, -0.2) is 165 Å². The molecular formula is C50H88N12O17. The molecule has 79 heavy (non-hydrogen) atoms. The van der Waals surface area contributed by atoms with Crippen molar-refractivity contribution in [2.45, 2.75) is 205 Å². The highest BCUT2D eigenvalue weighted by molar-refractivity contribution is 5.98. The molecule has 0 saturated carbocycles. The highest BCUT2D eigenvalue weighted by Gasteiger charge is 2.36. The van der Waals surface area contributed by atoms with Crippen LogP contribution < -0.4 is 65.5 Å². The fourth-order valence-corrected chi connectivity index (χ4v) is 7.84. The van der Waals surface area contributed by atoms with Crippen molar-refractivity contribution >= 4 is 77.0 Å². The Morgan fingerprint density at radius 1 is 0.342 bits per heavy atom. The summed E-state index contributed by atoms with van der Waals surface area (Å²) in [5.74, 6) is -14.4. The molecule has 0 aliphatic heterocycles. The first kappa shape index (κ1) is 72.0. The number of amides is 9. The topological polar surface area (TPSA) is 503 Å². The van der Waals surface area contributed by atoms with Crippen LogP contribution in [0.15, 0.2) is 0 Å². The molecule has 29 nitrogen and oxygen atoms in total. The number of rotatable bonds is 43. The van der Waals surface area contributed by atoms with Crippen LogP contribution in [0, 0.1) is 17.8 Å². The lowest BCUT2D eigenvalue weighted by Crippen LogP contribution is -2.60. The highest BCUT2D eigenvalue weighted by Crippen LogP contribution is 2.14. The number of aliphatic carboxylic acids is 4. The number of primary amides is 1. The standard InChI is InChI=1S/C50H88N12O17/c1-26(2)23-35(61-46(74)32(15-19-40(66)67)55-42(70)29(53)13-18-39(64)65)47(75)57-30(11-7-9-21-51)43(71)56-31(12-8-10-22-52)44(72)60-37(25-28(5)6)49(77)62-36(24-27(3)4)48(76)58-33(16-20-41(68)69)45(73)59-34(50(78)79)14-17-38(54)63/h26-37H,7-25,51-53H2,1-6H3,(H2,54,63)(H,55,70)(H,56,71)(H,57,75)(H,58,76)(H,59,73)(H,60,72)(H,61,74)(H,62,77)(H,64,65)(H,66,67)(H,68,69)(H,78,79)/t29-,30-,31-,32-,33-,34-,35-,36-,37-/m0/s1. The summed E-state index contributed by atoms with van der Waals surface area (Å²) in [4.78, 5) is 168. The van der Waals surface area contributed by atoms with Crippen LogP contribution in [0.1, 0.15) is 151 Å². The van der Waals surface area contributed by atoms with Crippen LogP contribution in [0.25, 0.3) is 0 Å². The number of nitrogens with one attached hydrogen (secondary N) is 8. The summed E-state index contributed by atoms with van der Waals surface area (Å²) in [5.41, 5.74) is 22.5. The van der Waals surface area contributed by atoms with E-state index in [0.717, 1.165) is 0 Å². The lowest BCUT2D eigenvalue weighted by Gasteiger charge is -2.29. The maximum atomic E-state index is 14.3. The zero-order valence-corrected chi connectivity index (χ0v) is 46.3. The van der Waals surface area contributed by atoms with Gasteiger partial charge in [-0.1, -0.05) is 41.5 Å². The minimum Gasteiger partial charge on any atom is -0.481 e. The predicted octanol–water partition coefficient (Wildman–Crippen LogP) is -2.47. The van der Waals surface area contributed by atoms with E-state index in [1.54, 1.807) is 41.5 Å². The van der Waals surface area contributed by atoms with E-state index in [-0.39, 0.29) is 69.4 Å². The third-order valence-electron chi connectivity index (χ3n) is 12.0. The lowest BCUT2D eigenvalue weighted by atomic mass is 9.98. The highest BCUT2D eigenvalue weighted by atomic mass is 16.4. The molecule has 0 aromatic heterocycles. The summed E-state index contributed by atoms with van der Waals surface area (Å²) < 4.78 is 0. The lowest BCUT2D eigenvalue weighted by molar-refractivity contribution is -0.143. The Kier molecular flexibility index (Phi) is 35.1. The first-order chi connectivity index (χ1) is 36.9. The number of carbonyl (C=O) groups excluding carboxylic acids is 9. The minimum atomic E-state index is -1.63. The number of hydrogen-bond acceptors (Lipinski definition) is 16. The molecule has 0 aromatic rings. The Bertz CT molecular complexity index is 2060. The fraction of sp³-hybridized carbons (Fsp3) is 0.740. The van der Waals surface area contributed by atoms with Crippen LogP contribution in [0.5, 0.6) is 0 Å². The first-order valence-corrected chi connectivity index (χ1v) is 26.7. The smallest absolute Gasteiger partial charge is 0.326 e. The van der Waals surface area contributed by atoms with Crippen molar-refractivity contribution in [3.8, 4) is 0 Å². The Morgan fingerprint density at radius 3 is 0.873 bits per heavy atom. The molecule has 0 spiro atoms. The zero-order valence-electron chi connectivity index (χ0n) is 46.3. The van der Waals surface area contributed by atoms with E-state index in [1.807, 2.05) is 0 Å². The average Bonchev–Trinajstić information content (AvgIpc) is 3.34. The summed E-state index contributed by atoms with van der Waals surface area (Å²) in [5, 5.41) is 57.5. The van der Waals surface area contributed by atoms with E-state index in [4.69, 9.17) is 28.0 Å². The van der Waals surface area contributed by atoms with E-state index in [0.29, 0.717) is 25.7 Å². The monoisotopic (exact) mass is 1130 g/mol. The van der Waals surface area contributed by atoms with Crippen molar-refractivity contribution < 1.29 is 82.8 Å². The minimum absolute atomic E-state index is 0.00167. The van der Waals surface area contributed by atoms with Gasteiger partial charge in [0.1, 0.15) is 48.3 Å². The molecule has 0 radical (unpaired) electrons. The fourth-order valence-electron chi connectivity index (χ4n) is 7.84. The number of hydrogen-bond donors (Lipinski definition) is 16. The second-order valence-electron chi connectivity index (χ2n) is 20.7. The van der Waals surface area contributed by atoms with Gasteiger partial charge in [-0.2, -0.15) is 0 Å². The third kappa shape index (κ3) is 31.9. The SMILES string of the molecule is CC(C)C[C@H](NC(=O)[C@H](CC(C)C)NC(=O)[C@H](CCCCN)NC(=O)[C@H](CCCCN)NC(=O)[C@H](CC(C)C)NC(=O)[C@H](CCC(=O)O)NC(=O)[C@@H](N)CCC(=O)O)C(=O)N[C@@H](CCC(=O)O)C(=O)N[C@@H](CCC(N)=O)C(=O)O. The molecule has 0 unspecified atom stereocenters. The molecule has 0 bridgehead atoms. The Labute approximate surface area is 460 Å². The van der Waals surface area contributed by atoms with Gasteiger partial charge in [-0.3, -0.25) is 57.5 Å². The van der Waals surface area contributed by atoms with Gasteiger partial charge in [-0.15, -0.1) is 0 Å². The van der Waals surface area contributed by atoms with Crippen molar-refractivity contribution in [2.75, 3.05) is 13.1 Å². The Hall–Kier alpha value is -7.01. The van der Waals surface area contributed by atoms with Crippen molar-refractivity contribution in [3.05, 3.63) is 0 Å². The molecule has 20 N–H and O–H groups in total. The predicted molar refractivity (Wildman–Crippen MR) is 284 cm³/mol. The molecule has 450 valence electrons. The summed E-state index contributed by atoms with van der Waals surface area (Å²) >= 11 is 0. The molecule has 0 aromatic carbocycles. The molecule has 9 amide bonds. The molecule has 0 saturated heterocycles. The van der Waals surface area contributed by atoms with E-state index < -0.39 is 176 Å². The zero-order chi connectivity index (χ0) is 60.5. The van der Waals surface area contributed by atoms with Gasteiger partial charge < -0.3 is 85.9 Å². The van der Waals surface area contributed by atoms with Gasteiger partial charge in [0.15, 0.2) is 0 Å². The van der Waals surface area contributed by atoms with Crippen LogP contribution >= 0.6 is 0 Å². The van der Waals surface area contributed by atoms with Crippen LogP contribution in [0.3, 0.4) is 0 Å². The summed E-state index contributed by atoms with van der Waals surface area (Å²) in [6.07, 6.45) is -2.37. The Morgan fingerprint density at radius 2 is 0.595 bits per heavy atom. The number of nitrogens with two attached hydrogens (primary N) is 4. The van der Waals surface area contributed by atoms with Gasteiger partial charge >= 0.3 is 23.9 Å². The van der Waals surface area contributed by atoms with Crippen molar-refractivity contribution in [3.63, 3.8) is 0 Å². The van der Waals surface area contributed by atoms with Gasteiger partial charge in [0.05, 0.1) is 6.04 Å². The van der Waals surface area contributed by atoms with Crippen LogP contribution in [0.4, 0.5) is 0 Å². The molecule has 29 heteroatoms. The van der Waals surface area contributed by atoms with Crippen LogP contribution in [0.2, 0.25) is 0 Å². The summed E-state index contributed by atoms with van der Waals surface area (Å²) in [6, 6.07) is -12.9. The van der Waals surface area contributed by atoms with Crippen LogP contribution in [-0.2, 0) is 62.3 Å². The van der Waals surface area contributed by atoms with Gasteiger partial charge in [0, 0.05) is 25.7 Å². The Balaban J connectivity index is 6.87. The first-order valence-electron chi connectivity index (χ1n) is 26.7. The summed E-state index contributed by atoms with van der Waals surface area (Å²) in [7, 11) is 0. The quantitative estimate of drug-likeness (QED) is 0.0281. The maximum absolute atomic E-state index is 14.3. The van der Waals surface area contributed by atoms with E-state index in [1.165, 1.54) is 0 Å². The van der Waals surface area contributed by atoms with Gasteiger partial charge in [-0.05, 0) is 114 Å². The summed E-state index contributed by atoms with van der Waals surface area (Å²) in [6.45, 7) is 10.9. The molecule has 0 aliphatic rings. The molecule has 0 aliphatic carbocycles. The second-order valence-corrected chi connectivity index (χ2v) is 20.7. The molecule has 0 heterocycles. The average molecular weight is 1130 g/mol. The van der Waals surface area contributed by atoms with Crippen molar-refractivity contribution in [1.82, 2.24) is 42.5 Å². The number of unbranched alkanes of at least 4 members (excludes halogenated alkanes) is 2. The molecule has 0 rings (SSSR count). The van der Waals surface area contributed by atoms with Gasteiger partial charge in [0.2, 0.25) is 53.2 Å².